The lowest BCUT2D eigenvalue weighted by Crippen LogP contribution is -2.17. The van der Waals surface area contributed by atoms with Crippen LogP contribution in [0.4, 0.5) is 5.82 Å². The molecule has 0 amide bonds. The molecule has 3 aromatic carbocycles. The molecule has 4 N–H and O–H groups in total. The van der Waals surface area contributed by atoms with Crippen molar-refractivity contribution in [2.75, 3.05) is 18.9 Å². The summed E-state index contributed by atoms with van der Waals surface area (Å²) < 4.78 is 3.83. The van der Waals surface area contributed by atoms with Crippen LogP contribution in [0.1, 0.15) is 11.1 Å². The van der Waals surface area contributed by atoms with Gasteiger partial charge in [0.25, 0.3) is 0 Å². The largest absolute Gasteiger partial charge is 0.395 e. The lowest BCUT2D eigenvalue weighted by Gasteiger charge is -2.06. The third-order valence-electron chi connectivity index (χ3n) is 6.50. The fraction of sp³-hybridized carbons (Fsp3) is 0.138. The monoisotopic (exact) mass is 489 g/mol. The van der Waals surface area contributed by atoms with Crippen LogP contribution in [0.2, 0.25) is 0 Å². The van der Waals surface area contributed by atoms with Crippen molar-refractivity contribution in [3.05, 3.63) is 103 Å². The number of aromatic nitrogens is 5. The summed E-state index contributed by atoms with van der Waals surface area (Å²) in [4.78, 5) is 4.27. The summed E-state index contributed by atoms with van der Waals surface area (Å²) >= 11 is 0. The van der Waals surface area contributed by atoms with Gasteiger partial charge in [0.15, 0.2) is 5.82 Å². The highest BCUT2D eigenvalue weighted by atomic mass is 16.3. The summed E-state index contributed by atoms with van der Waals surface area (Å²) in [5.41, 5.74) is 14.3. The van der Waals surface area contributed by atoms with Gasteiger partial charge < -0.3 is 16.2 Å². The predicted octanol–water partition coefficient (Wildman–Crippen LogP) is 4.13. The number of nitrogen functional groups attached to an aromatic ring is 1. The summed E-state index contributed by atoms with van der Waals surface area (Å²) in [6.07, 6.45) is 3.56. The first-order valence-electron chi connectivity index (χ1n) is 12.2. The number of rotatable bonds is 8. The number of anilines is 1. The molecular weight excluding hydrogens is 462 g/mol. The van der Waals surface area contributed by atoms with Gasteiger partial charge in [-0.3, -0.25) is 4.68 Å². The van der Waals surface area contributed by atoms with E-state index in [2.05, 4.69) is 82.3 Å². The van der Waals surface area contributed by atoms with Gasteiger partial charge in [-0.05, 0) is 28.8 Å². The zero-order valence-corrected chi connectivity index (χ0v) is 20.2. The molecule has 3 aromatic heterocycles. The Bertz CT molecular complexity index is 1670. The van der Waals surface area contributed by atoms with Crippen molar-refractivity contribution in [1.82, 2.24) is 29.7 Å². The molecule has 0 atom stereocenters. The molecule has 0 aliphatic carbocycles. The molecule has 37 heavy (non-hydrogen) atoms. The third kappa shape index (κ3) is 4.55. The Kier molecular flexibility index (Phi) is 6.10. The van der Waals surface area contributed by atoms with Crippen LogP contribution in [0.15, 0.2) is 91.4 Å². The molecule has 6 rings (SSSR count). The normalized spacial score (nSPS) is 11.5. The molecule has 0 unspecified atom stereocenters. The summed E-state index contributed by atoms with van der Waals surface area (Å²) in [5, 5.41) is 22.6. The van der Waals surface area contributed by atoms with Crippen LogP contribution < -0.4 is 11.1 Å². The van der Waals surface area contributed by atoms with Crippen molar-refractivity contribution >= 4 is 22.2 Å². The molecule has 6 aromatic rings. The quantitative estimate of drug-likeness (QED) is 0.278. The van der Waals surface area contributed by atoms with E-state index in [1.165, 1.54) is 11.9 Å². The number of nitrogens with zero attached hydrogens (tertiary/aromatic N) is 5. The molecule has 0 bridgehead atoms. The number of hydrogen-bond donors (Lipinski definition) is 3. The number of nitrogens with one attached hydrogen (secondary N) is 1. The van der Waals surface area contributed by atoms with Gasteiger partial charge >= 0.3 is 0 Å². The minimum absolute atomic E-state index is 0.122. The fourth-order valence-electron chi connectivity index (χ4n) is 4.69. The van der Waals surface area contributed by atoms with Crippen LogP contribution in [0.5, 0.6) is 0 Å². The van der Waals surface area contributed by atoms with Crippen LogP contribution in [0, 0.1) is 0 Å². The van der Waals surface area contributed by atoms with E-state index in [9.17, 15) is 0 Å². The molecule has 0 fully saturated rings. The Labute approximate surface area is 214 Å². The van der Waals surface area contributed by atoms with E-state index < -0.39 is 0 Å². The summed E-state index contributed by atoms with van der Waals surface area (Å²) in [6, 6.07) is 27.0. The highest BCUT2D eigenvalue weighted by molar-refractivity contribution is 5.94. The van der Waals surface area contributed by atoms with E-state index in [0.717, 1.165) is 50.9 Å². The summed E-state index contributed by atoms with van der Waals surface area (Å²) in [6.45, 7) is 2.11. The van der Waals surface area contributed by atoms with Crippen molar-refractivity contribution in [3.8, 4) is 22.4 Å². The van der Waals surface area contributed by atoms with Crippen LogP contribution in [0.3, 0.4) is 0 Å². The Morgan fingerprint density at radius 2 is 1.70 bits per heavy atom. The van der Waals surface area contributed by atoms with Gasteiger partial charge in [-0.15, -0.1) is 0 Å². The maximum Gasteiger partial charge on any atom is 0.152 e. The first-order chi connectivity index (χ1) is 18.2. The van der Waals surface area contributed by atoms with Crippen molar-refractivity contribution in [3.63, 3.8) is 0 Å². The average molecular weight is 490 g/mol. The molecule has 3 heterocycles. The molecule has 0 saturated carbocycles. The summed E-state index contributed by atoms with van der Waals surface area (Å²) in [5.74, 6) is 0.427. The van der Waals surface area contributed by atoms with Gasteiger partial charge in [0, 0.05) is 35.8 Å². The first-order valence-corrected chi connectivity index (χ1v) is 12.2. The molecule has 0 spiro atoms. The second kappa shape index (κ2) is 9.85. The Balaban J connectivity index is 1.38. The Morgan fingerprint density at radius 1 is 0.892 bits per heavy atom. The van der Waals surface area contributed by atoms with Gasteiger partial charge in [0.2, 0.25) is 0 Å². The molecule has 184 valence electrons. The van der Waals surface area contributed by atoms with E-state index >= 15 is 0 Å². The van der Waals surface area contributed by atoms with Gasteiger partial charge in [-0.25, -0.2) is 9.50 Å². The highest BCUT2D eigenvalue weighted by Gasteiger charge is 2.17. The SMILES string of the molecule is Nc1ncnn2c(-c3ccc(CNCCO)cc3)cc(-c3ccc4cn(Cc5ccccc5)nc4c3)c12. The lowest BCUT2D eigenvalue weighted by atomic mass is 10.0. The standard InChI is InChI=1S/C29H27N7O/c30-29-28-25(23-10-11-24-18-35(34-26(24)14-23)17-21-4-2-1-3-5-21)15-27(36(28)33-19-32-29)22-8-6-20(7-9-22)16-31-12-13-37/h1-11,14-15,18-19,31,37H,12-13,16-17H2,(H2,30,32,33). The maximum atomic E-state index is 8.98. The minimum atomic E-state index is 0.122. The molecule has 0 saturated heterocycles. The van der Waals surface area contributed by atoms with Crippen LogP contribution in [0.25, 0.3) is 38.8 Å². The smallest absolute Gasteiger partial charge is 0.152 e. The Morgan fingerprint density at radius 3 is 2.51 bits per heavy atom. The van der Waals surface area contributed by atoms with Crippen molar-refractivity contribution in [1.29, 1.82) is 0 Å². The van der Waals surface area contributed by atoms with E-state index in [-0.39, 0.29) is 6.61 Å². The number of nitrogens with two attached hydrogens (primary N) is 1. The number of hydrogen-bond acceptors (Lipinski definition) is 6. The molecule has 8 nitrogen and oxygen atoms in total. The zero-order chi connectivity index (χ0) is 25.2. The number of benzene rings is 3. The van der Waals surface area contributed by atoms with Gasteiger partial charge in [0.05, 0.1) is 24.4 Å². The lowest BCUT2D eigenvalue weighted by molar-refractivity contribution is 0.292. The molecular formula is C29H27N7O. The second-order valence-corrected chi connectivity index (χ2v) is 9.03. The average Bonchev–Trinajstić information content (AvgIpc) is 3.51. The second-order valence-electron chi connectivity index (χ2n) is 9.03. The highest BCUT2D eigenvalue weighted by Crippen LogP contribution is 2.35. The van der Waals surface area contributed by atoms with E-state index in [0.29, 0.717) is 18.9 Å². The number of fused-ring (bicyclic) bond motifs is 2. The van der Waals surface area contributed by atoms with Crippen molar-refractivity contribution in [2.24, 2.45) is 0 Å². The van der Waals surface area contributed by atoms with E-state index in [1.807, 2.05) is 27.4 Å². The summed E-state index contributed by atoms with van der Waals surface area (Å²) in [7, 11) is 0. The number of aliphatic hydroxyl groups excluding tert-OH is 1. The topological polar surface area (TPSA) is 106 Å². The van der Waals surface area contributed by atoms with Gasteiger partial charge in [0.1, 0.15) is 11.8 Å². The van der Waals surface area contributed by atoms with E-state index in [4.69, 9.17) is 15.9 Å². The zero-order valence-electron chi connectivity index (χ0n) is 20.2. The molecule has 0 aliphatic rings. The maximum absolute atomic E-state index is 8.98. The molecule has 0 aliphatic heterocycles. The molecule has 0 radical (unpaired) electrons. The van der Waals surface area contributed by atoms with Gasteiger partial charge in [-0.2, -0.15) is 10.2 Å². The number of aliphatic hydroxyl groups is 1. The third-order valence-corrected chi connectivity index (χ3v) is 6.50. The van der Waals surface area contributed by atoms with Crippen molar-refractivity contribution in [2.45, 2.75) is 13.1 Å². The predicted molar refractivity (Wildman–Crippen MR) is 146 cm³/mol. The fourth-order valence-corrected chi connectivity index (χ4v) is 4.69. The van der Waals surface area contributed by atoms with Crippen LogP contribution in [-0.4, -0.2) is 42.6 Å². The minimum Gasteiger partial charge on any atom is -0.395 e. The van der Waals surface area contributed by atoms with Crippen molar-refractivity contribution < 1.29 is 5.11 Å². The van der Waals surface area contributed by atoms with Gasteiger partial charge in [-0.1, -0.05) is 66.7 Å². The van der Waals surface area contributed by atoms with E-state index in [1.54, 1.807) is 0 Å². The molecule has 8 heteroatoms. The Hall–Kier alpha value is -4.53. The van der Waals surface area contributed by atoms with Crippen LogP contribution in [-0.2, 0) is 13.1 Å². The first kappa shape index (κ1) is 22.9. The van der Waals surface area contributed by atoms with Crippen LogP contribution >= 0.6 is 0 Å².